The zero-order valence-electron chi connectivity index (χ0n) is 8.07. The van der Waals surface area contributed by atoms with E-state index < -0.39 is 5.97 Å². The first-order chi connectivity index (χ1) is 6.18. The minimum Gasteiger partial charge on any atom is -0.481 e. The maximum absolute atomic E-state index is 10.7. The highest BCUT2D eigenvalue weighted by Gasteiger charge is 2.48. The van der Waals surface area contributed by atoms with Crippen molar-refractivity contribution in [2.45, 2.75) is 19.3 Å². The lowest BCUT2D eigenvalue weighted by Gasteiger charge is -2.29. The molecule has 1 aliphatic heterocycles. The summed E-state index contributed by atoms with van der Waals surface area (Å²) in [6, 6.07) is 0. The highest BCUT2D eigenvalue weighted by molar-refractivity contribution is 5.73. The van der Waals surface area contributed by atoms with E-state index in [1.54, 1.807) is 0 Å². The second-order valence-corrected chi connectivity index (χ2v) is 4.51. The minimum atomic E-state index is -0.585. The maximum atomic E-state index is 10.7. The fourth-order valence-electron chi connectivity index (χ4n) is 2.58. The fourth-order valence-corrected chi connectivity index (χ4v) is 2.58. The van der Waals surface area contributed by atoms with Crippen molar-refractivity contribution in [3.05, 3.63) is 0 Å². The molecule has 1 aliphatic carbocycles. The summed E-state index contributed by atoms with van der Waals surface area (Å²) in [5, 5.41) is 8.81. The summed E-state index contributed by atoms with van der Waals surface area (Å²) in [5.41, 5.74) is 0. The number of piperidine rings is 1. The van der Waals surface area contributed by atoms with Crippen molar-refractivity contribution in [3.8, 4) is 0 Å². The Labute approximate surface area is 78.7 Å². The van der Waals surface area contributed by atoms with Gasteiger partial charge in [0.15, 0.2) is 0 Å². The van der Waals surface area contributed by atoms with Crippen molar-refractivity contribution < 1.29 is 9.90 Å². The highest BCUT2D eigenvalue weighted by Crippen LogP contribution is 2.47. The summed E-state index contributed by atoms with van der Waals surface area (Å²) in [6.45, 7) is 2.29. The Kier molecular flexibility index (Phi) is 2.28. The van der Waals surface area contributed by atoms with Gasteiger partial charge in [-0.25, -0.2) is 0 Å². The zero-order valence-corrected chi connectivity index (χ0v) is 8.07. The van der Waals surface area contributed by atoms with Gasteiger partial charge in [-0.05, 0) is 44.7 Å². The van der Waals surface area contributed by atoms with Gasteiger partial charge in [-0.2, -0.15) is 0 Å². The molecule has 2 aliphatic rings. The van der Waals surface area contributed by atoms with Gasteiger partial charge in [0, 0.05) is 6.54 Å². The number of nitrogens with zero attached hydrogens (tertiary/aromatic N) is 1. The fraction of sp³-hybridized carbons (Fsp3) is 0.900. The molecule has 3 nitrogen and oxygen atoms in total. The van der Waals surface area contributed by atoms with Gasteiger partial charge >= 0.3 is 5.97 Å². The molecule has 0 aromatic rings. The first-order valence-corrected chi connectivity index (χ1v) is 5.10. The van der Waals surface area contributed by atoms with Crippen molar-refractivity contribution in [2.24, 2.45) is 17.8 Å². The topological polar surface area (TPSA) is 40.5 Å². The lowest BCUT2D eigenvalue weighted by Crippen LogP contribution is -2.33. The molecule has 1 saturated carbocycles. The minimum absolute atomic E-state index is 0.0171. The average molecular weight is 183 g/mol. The standard InChI is InChI=1S/C10H17NO2/c1-11-4-2-3-7(6-11)8-5-9(8)10(12)13/h7-9H,2-6H2,1H3,(H,12,13). The summed E-state index contributed by atoms with van der Waals surface area (Å²) in [6.07, 6.45) is 3.40. The Hall–Kier alpha value is -0.570. The molecule has 1 N–H and O–H groups in total. The van der Waals surface area contributed by atoms with Gasteiger partial charge in [-0.3, -0.25) is 4.79 Å². The van der Waals surface area contributed by atoms with Gasteiger partial charge < -0.3 is 10.0 Å². The van der Waals surface area contributed by atoms with Crippen LogP contribution < -0.4 is 0 Å². The summed E-state index contributed by atoms with van der Waals surface area (Å²) in [5.74, 6) is 0.537. The molecule has 0 radical (unpaired) electrons. The monoisotopic (exact) mass is 183 g/mol. The van der Waals surface area contributed by atoms with Crippen LogP contribution in [0.3, 0.4) is 0 Å². The molecule has 1 heterocycles. The maximum Gasteiger partial charge on any atom is 0.306 e. The van der Waals surface area contributed by atoms with E-state index in [2.05, 4.69) is 11.9 Å². The highest BCUT2D eigenvalue weighted by atomic mass is 16.4. The molecule has 0 aromatic heterocycles. The van der Waals surface area contributed by atoms with Crippen LogP contribution in [0, 0.1) is 17.8 Å². The Morgan fingerprint density at radius 1 is 1.54 bits per heavy atom. The van der Waals surface area contributed by atoms with E-state index in [9.17, 15) is 4.79 Å². The average Bonchev–Trinajstić information content (AvgIpc) is 2.82. The molecule has 0 spiro atoms. The van der Waals surface area contributed by atoms with Crippen LogP contribution in [0.1, 0.15) is 19.3 Å². The van der Waals surface area contributed by atoms with E-state index in [0.717, 1.165) is 13.0 Å². The Bertz CT molecular complexity index is 217. The van der Waals surface area contributed by atoms with E-state index in [-0.39, 0.29) is 5.92 Å². The first-order valence-electron chi connectivity index (χ1n) is 5.10. The van der Waals surface area contributed by atoms with Crippen LogP contribution in [0.15, 0.2) is 0 Å². The molecular formula is C10H17NO2. The molecular weight excluding hydrogens is 166 g/mol. The van der Waals surface area contributed by atoms with Crippen LogP contribution in [0.25, 0.3) is 0 Å². The number of aliphatic carboxylic acids is 1. The van der Waals surface area contributed by atoms with Gasteiger partial charge in [0.1, 0.15) is 0 Å². The van der Waals surface area contributed by atoms with Crippen LogP contribution in [-0.2, 0) is 4.79 Å². The van der Waals surface area contributed by atoms with Crippen LogP contribution in [0.5, 0.6) is 0 Å². The predicted molar refractivity (Wildman–Crippen MR) is 49.5 cm³/mol. The lowest BCUT2D eigenvalue weighted by atomic mass is 9.92. The third kappa shape index (κ3) is 1.85. The summed E-state index contributed by atoms with van der Waals surface area (Å²) in [4.78, 5) is 13.0. The first kappa shape index (κ1) is 9.00. The molecule has 1 saturated heterocycles. The van der Waals surface area contributed by atoms with Gasteiger partial charge in [0.2, 0.25) is 0 Å². The third-order valence-electron chi connectivity index (χ3n) is 3.42. The largest absolute Gasteiger partial charge is 0.481 e. The molecule has 2 rings (SSSR count). The summed E-state index contributed by atoms with van der Waals surface area (Å²) in [7, 11) is 2.13. The molecule has 0 amide bonds. The normalized spacial score (nSPS) is 40.2. The molecule has 3 atom stereocenters. The predicted octanol–water partition coefficient (Wildman–Crippen LogP) is 1.05. The van der Waals surface area contributed by atoms with E-state index in [1.807, 2.05) is 0 Å². The van der Waals surface area contributed by atoms with Gasteiger partial charge in [-0.15, -0.1) is 0 Å². The quantitative estimate of drug-likeness (QED) is 0.695. The SMILES string of the molecule is CN1CCCC(C2CC2C(=O)O)C1. The Morgan fingerprint density at radius 2 is 2.31 bits per heavy atom. The lowest BCUT2D eigenvalue weighted by molar-refractivity contribution is -0.139. The van der Waals surface area contributed by atoms with Gasteiger partial charge in [0.25, 0.3) is 0 Å². The molecule has 0 aromatic carbocycles. The molecule has 3 heteroatoms. The molecule has 3 unspecified atom stereocenters. The van der Waals surface area contributed by atoms with Crippen LogP contribution in [0.2, 0.25) is 0 Å². The Balaban J connectivity index is 1.85. The molecule has 2 fully saturated rings. The van der Waals surface area contributed by atoms with Crippen molar-refractivity contribution in [2.75, 3.05) is 20.1 Å². The summed E-state index contributed by atoms with van der Waals surface area (Å²) < 4.78 is 0. The van der Waals surface area contributed by atoms with Crippen molar-refractivity contribution >= 4 is 5.97 Å². The second-order valence-electron chi connectivity index (χ2n) is 4.51. The number of hydrogen-bond donors (Lipinski definition) is 1. The van der Waals surface area contributed by atoms with E-state index in [4.69, 9.17) is 5.11 Å². The molecule has 74 valence electrons. The van der Waals surface area contributed by atoms with E-state index >= 15 is 0 Å². The number of rotatable bonds is 2. The van der Waals surface area contributed by atoms with Crippen molar-refractivity contribution in [1.82, 2.24) is 4.90 Å². The summed E-state index contributed by atoms with van der Waals surface area (Å²) >= 11 is 0. The smallest absolute Gasteiger partial charge is 0.306 e. The van der Waals surface area contributed by atoms with Crippen molar-refractivity contribution in [1.29, 1.82) is 0 Å². The van der Waals surface area contributed by atoms with Gasteiger partial charge in [-0.1, -0.05) is 0 Å². The number of hydrogen-bond acceptors (Lipinski definition) is 2. The number of carboxylic acids is 1. The molecule has 0 bridgehead atoms. The third-order valence-corrected chi connectivity index (χ3v) is 3.42. The second kappa shape index (κ2) is 3.29. The van der Waals surface area contributed by atoms with E-state index in [0.29, 0.717) is 11.8 Å². The van der Waals surface area contributed by atoms with E-state index in [1.165, 1.54) is 19.4 Å². The Morgan fingerprint density at radius 3 is 2.85 bits per heavy atom. The molecule has 13 heavy (non-hydrogen) atoms. The number of likely N-dealkylation sites (tertiary alicyclic amines) is 1. The van der Waals surface area contributed by atoms with Crippen molar-refractivity contribution in [3.63, 3.8) is 0 Å². The zero-order chi connectivity index (χ0) is 9.42. The number of carboxylic acid groups (broad SMARTS) is 1. The van der Waals surface area contributed by atoms with Crippen LogP contribution in [0.4, 0.5) is 0 Å². The van der Waals surface area contributed by atoms with Crippen LogP contribution >= 0.6 is 0 Å². The van der Waals surface area contributed by atoms with Gasteiger partial charge in [0.05, 0.1) is 5.92 Å². The number of carbonyl (C=O) groups is 1. The van der Waals surface area contributed by atoms with Crippen LogP contribution in [-0.4, -0.2) is 36.1 Å².